The summed E-state index contributed by atoms with van der Waals surface area (Å²) in [5.74, 6) is 0. The van der Waals surface area contributed by atoms with Crippen molar-refractivity contribution in [1.82, 2.24) is 5.32 Å². The molecule has 0 heterocycles. The van der Waals surface area contributed by atoms with Crippen molar-refractivity contribution < 1.29 is 0 Å². The molecule has 0 amide bonds. The van der Waals surface area contributed by atoms with Crippen molar-refractivity contribution in [1.29, 1.82) is 0 Å². The summed E-state index contributed by atoms with van der Waals surface area (Å²) < 4.78 is 0. The lowest BCUT2D eigenvalue weighted by atomic mass is 10.2. The Kier molecular flexibility index (Phi) is 11.8. The average Bonchev–Trinajstić information content (AvgIpc) is 2.17. The summed E-state index contributed by atoms with van der Waals surface area (Å²) in [6.45, 7) is 17.7. The second kappa shape index (κ2) is 10.8. The number of allylic oxidation sites excluding steroid dienone is 4. The highest BCUT2D eigenvalue weighted by molar-refractivity contribution is 5.27. The monoisotopic (exact) mass is 179 g/mol. The van der Waals surface area contributed by atoms with Gasteiger partial charge in [-0.3, -0.25) is 0 Å². The highest BCUT2D eigenvalue weighted by atomic mass is 14.9. The molecule has 0 aromatic heterocycles. The molecule has 0 saturated heterocycles. The minimum atomic E-state index is 0.784. The van der Waals surface area contributed by atoms with Crippen molar-refractivity contribution in [2.45, 2.75) is 20.8 Å². The lowest BCUT2D eigenvalue weighted by Gasteiger charge is -2.01. The summed E-state index contributed by atoms with van der Waals surface area (Å²) >= 11 is 0. The lowest BCUT2D eigenvalue weighted by Crippen LogP contribution is -2.09. The molecule has 0 aliphatic heterocycles. The van der Waals surface area contributed by atoms with E-state index in [0.717, 1.165) is 17.8 Å². The van der Waals surface area contributed by atoms with E-state index < -0.39 is 0 Å². The largest absolute Gasteiger partial charge is 0.385 e. The lowest BCUT2D eigenvalue weighted by molar-refractivity contribution is 0.905. The van der Waals surface area contributed by atoms with Crippen LogP contribution in [0.3, 0.4) is 0 Å². The van der Waals surface area contributed by atoms with E-state index in [9.17, 15) is 0 Å². The fourth-order valence-corrected chi connectivity index (χ4v) is 0.621. The third-order valence-corrected chi connectivity index (χ3v) is 1.19. The first-order valence-corrected chi connectivity index (χ1v) is 4.55. The van der Waals surface area contributed by atoms with E-state index in [1.54, 1.807) is 6.08 Å². The van der Waals surface area contributed by atoms with Crippen molar-refractivity contribution in [3.8, 4) is 0 Å². The van der Waals surface area contributed by atoms with Gasteiger partial charge in [-0.05, 0) is 18.6 Å². The molecule has 1 nitrogen and oxygen atoms in total. The molecule has 0 aliphatic rings. The maximum absolute atomic E-state index is 3.76. The Morgan fingerprint density at radius 1 is 1.31 bits per heavy atom. The smallest absolute Gasteiger partial charge is 0.0325 e. The van der Waals surface area contributed by atoms with Crippen LogP contribution in [0, 0.1) is 0 Å². The van der Waals surface area contributed by atoms with Gasteiger partial charge in [0.15, 0.2) is 0 Å². The van der Waals surface area contributed by atoms with Gasteiger partial charge in [0.25, 0.3) is 0 Å². The molecule has 0 spiro atoms. The fraction of sp³-hybridized carbons (Fsp3) is 0.333. The average molecular weight is 179 g/mol. The maximum atomic E-state index is 3.76. The second-order valence-electron chi connectivity index (χ2n) is 2.28. The van der Waals surface area contributed by atoms with Crippen LogP contribution in [0.1, 0.15) is 20.8 Å². The van der Waals surface area contributed by atoms with Gasteiger partial charge in [-0.15, -0.1) is 6.58 Å². The van der Waals surface area contributed by atoms with E-state index in [-0.39, 0.29) is 0 Å². The summed E-state index contributed by atoms with van der Waals surface area (Å²) in [6, 6.07) is 0. The highest BCUT2D eigenvalue weighted by Crippen LogP contribution is 1.97. The van der Waals surface area contributed by atoms with Crippen LogP contribution in [0.5, 0.6) is 0 Å². The van der Waals surface area contributed by atoms with Gasteiger partial charge >= 0.3 is 0 Å². The number of hydrogen-bond acceptors (Lipinski definition) is 1. The topological polar surface area (TPSA) is 12.0 Å². The van der Waals surface area contributed by atoms with Crippen molar-refractivity contribution in [3.05, 3.63) is 49.2 Å². The molecule has 1 N–H and O–H groups in total. The third-order valence-electron chi connectivity index (χ3n) is 1.19. The van der Waals surface area contributed by atoms with Gasteiger partial charge in [0.1, 0.15) is 0 Å². The molecule has 0 saturated carbocycles. The van der Waals surface area contributed by atoms with Gasteiger partial charge in [-0.2, -0.15) is 0 Å². The van der Waals surface area contributed by atoms with Crippen molar-refractivity contribution in [2.75, 3.05) is 6.54 Å². The summed E-state index contributed by atoms with van der Waals surface area (Å²) in [4.78, 5) is 0. The minimum absolute atomic E-state index is 0.784. The van der Waals surface area contributed by atoms with Crippen LogP contribution >= 0.6 is 0 Å². The summed E-state index contributed by atoms with van der Waals surface area (Å²) in [5.41, 5.74) is 1.99. The van der Waals surface area contributed by atoms with Gasteiger partial charge in [0, 0.05) is 12.2 Å². The number of hydrogen-bond donors (Lipinski definition) is 1. The molecule has 74 valence electrons. The molecule has 0 aromatic carbocycles. The van der Waals surface area contributed by atoms with E-state index in [1.807, 2.05) is 32.9 Å². The third kappa shape index (κ3) is 10.8. The quantitative estimate of drug-likeness (QED) is 0.503. The molecule has 0 unspecified atom stereocenters. The van der Waals surface area contributed by atoms with Crippen LogP contribution in [0.2, 0.25) is 0 Å². The van der Waals surface area contributed by atoms with Crippen molar-refractivity contribution in [2.24, 2.45) is 0 Å². The van der Waals surface area contributed by atoms with Crippen LogP contribution < -0.4 is 5.32 Å². The van der Waals surface area contributed by atoms with E-state index in [0.29, 0.717) is 0 Å². The molecular formula is C12H21N. The zero-order valence-electron chi connectivity index (χ0n) is 9.06. The molecule has 0 radical (unpaired) electrons. The Labute approximate surface area is 82.6 Å². The normalized spacial score (nSPS) is 9.31. The molecule has 13 heavy (non-hydrogen) atoms. The van der Waals surface area contributed by atoms with E-state index in [2.05, 4.69) is 25.1 Å². The predicted molar refractivity (Wildman–Crippen MR) is 62.6 cm³/mol. The molecule has 0 fully saturated rings. The van der Waals surface area contributed by atoms with Crippen LogP contribution in [-0.2, 0) is 0 Å². The molecule has 1 heteroatoms. The van der Waals surface area contributed by atoms with E-state index >= 15 is 0 Å². The molecule has 0 aliphatic carbocycles. The van der Waals surface area contributed by atoms with Gasteiger partial charge in [0.05, 0.1) is 0 Å². The summed E-state index contributed by atoms with van der Waals surface area (Å²) in [5, 5.41) is 3.13. The van der Waals surface area contributed by atoms with Gasteiger partial charge in [-0.1, -0.05) is 39.2 Å². The first kappa shape index (κ1) is 14.3. The Morgan fingerprint density at radius 3 is 2.23 bits per heavy atom. The van der Waals surface area contributed by atoms with Crippen LogP contribution in [-0.4, -0.2) is 6.54 Å². The Balaban J connectivity index is 0. The number of nitrogens with one attached hydrogen (secondary N) is 1. The zero-order valence-corrected chi connectivity index (χ0v) is 9.06. The predicted octanol–water partition coefficient (Wildman–Crippen LogP) is 3.43. The van der Waals surface area contributed by atoms with Crippen LogP contribution in [0.4, 0.5) is 0 Å². The maximum Gasteiger partial charge on any atom is 0.0325 e. The first-order valence-electron chi connectivity index (χ1n) is 4.55. The molecular weight excluding hydrogens is 158 g/mol. The van der Waals surface area contributed by atoms with Crippen molar-refractivity contribution in [3.63, 3.8) is 0 Å². The first-order chi connectivity index (χ1) is 6.20. The summed E-state index contributed by atoms with van der Waals surface area (Å²) in [7, 11) is 0. The Morgan fingerprint density at radius 2 is 1.85 bits per heavy atom. The molecule has 0 rings (SSSR count). The zero-order chi connectivity index (χ0) is 10.7. The van der Waals surface area contributed by atoms with Gasteiger partial charge in [-0.25, -0.2) is 0 Å². The molecule has 0 bridgehead atoms. The summed E-state index contributed by atoms with van der Waals surface area (Å²) in [6.07, 6.45) is 5.48. The van der Waals surface area contributed by atoms with E-state index in [1.165, 1.54) is 0 Å². The standard InChI is InChI=1S/C10H15N.C2H6/c1-5-7-11-10(4)8-9(3)6-2;1-2/h5-6,8,11H,1-3,7H2,4H3;1-2H3/b10-8-;. The SMILES string of the molecule is C=CCN/C(C)=C\C(=C)C=C.CC. The van der Waals surface area contributed by atoms with Crippen LogP contribution in [0.15, 0.2) is 49.2 Å². The van der Waals surface area contributed by atoms with Gasteiger partial charge < -0.3 is 5.32 Å². The fourth-order valence-electron chi connectivity index (χ4n) is 0.621. The van der Waals surface area contributed by atoms with Gasteiger partial charge in [0.2, 0.25) is 0 Å². The highest BCUT2D eigenvalue weighted by Gasteiger charge is 1.84. The van der Waals surface area contributed by atoms with E-state index in [4.69, 9.17) is 0 Å². The minimum Gasteiger partial charge on any atom is -0.385 e. The molecule has 0 atom stereocenters. The second-order valence-corrected chi connectivity index (χ2v) is 2.28. The Bertz CT molecular complexity index is 187. The van der Waals surface area contributed by atoms with Crippen LogP contribution in [0.25, 0.3) is 0 Å². The Hall–Kier alpha value is -1.24. The van der Waals surface area contributed by atoms with Crippen molar-refractivity contribution >= 4 is 0 Å². The number of rotatable bonds is 5. The molecule has 0 aromatic rings.